The van der Waals surface area contributed by atoms with Gasteiger partial charge in [-0.3, -0.25) is 9.78 Å². The molecular weight excluding hydrogens is 250 g/mol. The van der Waals surface area contributed by atoms with Gasteiger partial charge in [0.2, 0.25) is 0 Å². The lowest BCUT2D eigenvalue weighted by Gasteiger charge is -2.07. The summed E-state index contributed by atoms with van der Waals surface area (Å²) >= 11 is 0. The molecule has 20 heavy (non-hydrogen) atoms. The lowest BCUT2D eigenvalue weighted by molar-refractivity contribution is 0.102. The number of rotatable bonds is 2. The number of benzene rings is 1. The number of nitrogens with one attached hydrogen (secondary N) is 1. The van der Waals surface area contributed by atoms with Crippen LogP contribution in [0.2, 0.25) is 0 Å². The van der Waals surface area contributed by atoms with Gasteiger partial charge in [-0.25, -0.2) is 0 Å². The van der Waals surface area contributed by atoms with Crippen LogP contribution in [0.25, 0.3) is 0 Å². The fourth-order valence-electron chi connectivity index (χ4n) is 1.73. The van der Waals surface area contributed by atoms with Gasteiger partial charge < -0.3 is 11.1 Å². The molecular formula is C16H15N3O. The summed E-state index contributed by atoms with van der Waals surface area (Å²) in [6.07, 6.45) is 3.18. The molecule has 1 aromatic carbocycles. The topological polar surface area (TPSA) is 68.0 Å². The van der Waals surface area contributed by atoms with Crippen LogP contribution < -0.4 is 11.1 Å². The van der Waals surface area contributed by atoms with Crippen molar-refractivity contribution in [3.8, 4) is 11.8 Å². The summed E-state index contributed by atoms with van der Waals surface area (Å²) in [7, 11) is 0. The van der Waals surface area contributed by atoms with E-state index in [1.807, 2.05) is 25.1 Å². The lowest BCUT2D eigenvalue weighted by atomic mass is 10.1. The molecule has 0 spiro atoms. The average Bonchev–Trinajstić information content (AvgIpc) is 2.47. The lowest BCUT2D eigenvalue weighted by Crippen LogP contribution is -2.11. The highest BCUT2D eigenvalue weighted by Gasteiger charge is 2.06. The van der Waals surface area contributed by atoms with Crippen LogP contribution in [0.1, 0.15) is 21.5 Å². The summed E-state index contributed by atoms with van der Waals surface area (Å²) in [5, 5.41) is 2.84. The Kier molecular flexibility index (Phi) is 4.48. The molecule has 0 bridgehead atoms. The van der Waals surface area contributed by atoms with E-state index in [4.69, 9.17) is 5.73 Å². The normalized spacial score (nSPS) is 9.50. The summed E-state index contributed by atoms with van der Waals surface area (Å²) in [4.78, 5) is 15.9. The highest BCUT2D eigenvalue weighted by Crippen LogP contribution is 2.15. The third-order valence-corrected chi connectivity index (χ3v) is 2.75. The van der Waals surface area contributed by atoms with Crippen molar-refractivity contribution in [2.45, 2.75) is 6.92 Å². The second kappa shape index (κ2) is 6.50. The molecule has 1 aromatic heterocycles. The van der Waals surface area contributed by atoms with E-state index in [-0.39, 0.29) is 5.91 Å². The van der Waals surface area contributed by atoms with Crippen LogP contribution in [-0.2, 0) is 0 Å². The molecule has 0 fully saturated rings. The number of carbonyl (C=O) groups is 1. The minimum absolute atomic E-state index is 0.160. The first-order valence-electron chi connectivity index (χ1n) is 6.21. The van der Waals surface area contributed by atoms with Crippen molar-refractivity contribution in [1.29, 1.82) is 0 Å². The monoisotopic (exact) mass is 265 g/mol. The molecule has 0 aliphatic carbocycles. The minimum atomic E-state index is -0.160. The summed E-state index contributed by atoms with van der Waals surface area (Å²) in [5.74, 6) is 5.64. The number of anilines is 1. The standard InChI is InChI=1S/C16H15N3O/c1-12-11-15(5-4-13(12)3-2-8-17)19-16(20)14-6-9-18-10-7-14/h4-7,9-11H,8,17H2,1H3,(H,19,20). The molecule has 4 nitrogen and oxygen atoms in total. The van der Waals surface area contributed by atoms with Gasteiger partial charge in [-0.2, -0.15) is 0 Å². The number of nitrogens with zero attached hydrogens (tertiary/aromatic N) is 1. The van der Waals surface area contributed by atoms with Crippen molar-refractivity contribution < 1.29 is 4.79 Å². The number of amides is 1. The van der Waals surface area contributed by atoms with Gasteiger partial charge in [0.15, 0.2) is 0 Å². The number of nitrogens with two attached hydrogens (primary N) is 1. The van der Waals surface area contributed by atoms with Crippen molar-refractivity contribution in [3.63, 3.8) is 0 Å². The number of aromatic nitrogens is 1. The summed E-state index contributed by atoms with van der Waals surface area (Å²) < 4.78 is 0. The maximum absolute atomic E-state index is 12.0. The predicted molar refractivity (Wildman–Crippen MR) is 79.3 cm³/mol. The second-order valence-corrected chi connectivity index (χ2v) is 4.23. The molecule has 2 aromatic rings. The van der Waals surface area contributed by atoms with Crippen molar-refractivity contribution in [2.24, 2.45) is 5.73 Å². The smallest absolute Gasteiger partial charge is 0.255 e. The average molecular weight is 265 g/mol. The molecule has 0 atom stereocenters. The number of aryl methyl sites for hydroxylation is 1. The SMILES string of the molecule is Cc1cc(NC(=O)c2ccncc2)ccc1C#CCN. The first-order valence-corrected chi connectivity index (χ1v) is 6.21. The first-order chi connectivity index (χ1) is 9.70. The van der Waals surface area contributed by atoms with Gasteiger partial charge in [-0.1, -0.05) is 11.8 Å². The molecule has 4 heteroatoms. The van der Waals surface area contributed by atoms with Crippen LogP contribution in [-0.4, -0.2) is 17.4 Å². The zero-order valence-corrected chi connectivity index (χ0v) is 11.2. The second-order valence-electron chi connectivity index (χ2n) is 4.23. The Hall–Kier alpha value is -2.64. The quantitative estimate of drug-likeness (QED) is 0.815. The van der Waals surface area contributed by atoms with E-state index in [1.165, 1.54) is 0 Å². The fraction of sp³-hybridized carbons (Fsp3) is 0.125. The van der Waals surface area contributed by atoms with Gasteiger partial charge in [0.25, 0.3) is 5.91 Å². The minimum Gasteiger partial charge on any atom is -0.322 e. The van der Waals surface area contributed by atoms with E-state index in [9.17, 15) is 4.79 Å². The van der Waals surface area contributed by atoms with Gasteiger partial charge in [0.05, 0.1) is 6.54 Å². The highest BCUT2D eigenvalue weighted by molar-refractivity contribution is 6.04. The Morgan fingerprint density at radius 1 is 1.30 bits per heavy atom. The third-order valence-electron chi connectivity index (χ3n) is 2.75. The molecule has 100 valence electrons. The molecule has 1 heterocycles. The van der Waals surface area contributed by atoms with E-state index < -0.39 is 0 Å². The Balaban J connectivity index is 2.15. The maximum atomic E-state index is 12.0. The number of hydrogen-bond acceptors (Lipinski definition) is 3. The Morgan fingerprint density at radius 3 is 2.70 bits per heavy atom. The Bertz CT molecular complexity index is 669. The zero-order chi connectivity index (χ0) is 14.4. The molecule has 1 amide bonds. The van der Waals surface area contributed by atoms with Crippen LogP contribution >= 0.6 is 0 Å². The fourth-order valence-corrected chi connectivity index (χ4v) is 1.73. The van der Waals surface area contributed by atoms with Gasteiger partial charge in [-0.05, 0) is 42.8 Å². The summed E-state index contributed by atoms with van der Waals surface area (Å²) in [5.41, 5.74) is 8.58. The predicted octanol–water partition coefficient (Wildman–Crippen LogP) is 1.95. The Morgan fingerprint density at radius 2 is 2.05 bits per heavy atom. The number of carbonyl (C=O) groups excluding carboxylic acids is 1. The molecule has 0 aliphatic rings. The van der Waals surface area contributed by atoms with E-state index in [1.54, 1.807) is 24.5 Å². The van der Waals surface area contributed by atoms with Crippen molar-refractivity contribution >= 4 is 11.6 Å². The molecule has 0 aliphatic heterocycles. The van der Waals surface area contributed by atoms with E-state index in [0.717, 1.165) is 16.8 Å². The van der Waals surface area contributed by atoms with Gasteiger partial charge in [0, 0.05) is 29.2 Å². The molecule has 3 N–H and O–H groups in total. The van der Waals surface area contributed by atoms with Crippen LogP contribution in [0.15, 0.2) is 42.7 Å². The number of hydrogen-bond donors (Lipinski definition) is 2. The molecule has 0 radical (unpaired) electrons. The van der Waals surface area contributed by atoms with Crippen molar-refractivity contribution in [1.82, 2.24) is 4.98 Å². The summed E-state index contributed by atoms with van der Waals surface area (Å²) in [6.45, 7) is 2.28. The van der Waals surface area contributed by atoms with Crippen LogP contribution in [0.3, 0.4) is 0 Å². The van der Waals surface area contributed by atoms with Gasteiger partial charge >= 0.3 is 0 Å². The first kappa shape index (κ1) is 13.8. The Labute approximate surface area is 118 Å². The van der Waals surface area contributed by atoms with Crippen molar-refractivity contribution in [3.05, 3.63) is 59.4 Å². The number of pyridine rings is 1. The van der Waals surface area contributed by atoms with Crippen molar-refractivity contribution in [2.75, 3.05) is 11.9 Å². The van der Waals surface area contributed by atoms with E-state index >= 15 is 0 Å². The van der Waals surface area contributed by atoms with Crippen LogP contribution in [0.4, 0.5) is 5.69 Å². The third kappa shape index (κ3) is 3.44. The van der Waals surface area contributed by atoms with Gasteiger partial charge in [-0.15, -0.1) is 0 Å². The zero-order valence-electron chi connectivity index (χ0n) is 11.2. The molecule has 2 rings (SSSR count). The molecule has 0 saturated heterocycles. The van der Waals surface area contributed by atoms with E-state index in [0.29, 0.717) is 12.1 Å². The van der Waals surface area contributed by atoms with Gasteiger partial charge in [0.1, 0.15) is 0 Å². The summed E-state index contributed by atoms with van der Waals surface area (Å²) in [6, 6.07) is 8.93. The molecule has 0 saturated carbocycles. The molecule has 0 unspecified atom stereocenters. The van der Waals surface area contributed by atoms with Crippen LogP contribution in [0, 0.1) is 18.8 Å². The highest BCUT2D eigenvalue weighted by atomic mass is 16.1. The largest absolute Gasteiger partial charge is 0.322 e. The van der Waals surface area contributed by atoms with Crippen LogP contribution in [0.5, 0.6) is 0 Å². The van der Waals surface area contributed by atoms with E-state index in [2.05, 4.69) is 22.1 Å². The maximum Gasteiger partial charge on any atom is 0.255 e.